The summed E-state index contributed by atoms with van der Waals surface area (Å²) < 4.78 is 0. The third-order valence-corrected chi connectivity index (χ3v) is 10.3. The van der Waals surface area contributed by atoms with Crippen LogP contribution in [-0.2, 0) is 9.59 Å². The fourth-order valence-corrected chi connectivity index (χ4v) is 8.75. The van der Waals surface area contributed by atoms with Crippen molar-refractivity contribution >= 4 is 11.8 Å². The maximum atomic E-state index is 13.4. The van der Waals surface area contributed by atoms with Crippen molar-refractivity contribution in [2.45, 2.75) is 91.9 Å². The monoisotopic (exact) mass is 400 g/mol. The van der Waals surface area contributed by atoms with E-state index in [4.69, 9.17) is 0 Å². The molecule has 4 saturated carbocycles. The van der Waals surface area contributed by atoms with Crippen LogP contribution < -0.4 is 0 Å². The molecule has 4 rings (SSSR count). The second kappa shape index (κ2) is 7.54. The van der Waals surface area contributed by atoms with E-state index in [0.717, 1.165) is 19.3 Å². The lowest BCUT2D eigenvalue weighted by Gasteiger charge is -2.60. The number of hydrogen-bond donors (Lipinski definition) is 1. The van der Waals surface area contributed by atoms with E-state index in [1.165, 1.54) is 38.5 Å². The normalized spacial score (nSPS) is 45.9. The van der Waals surface area contributed by atoms with Crippen LogP contribution in [0, 0.1) is 46.3 Å². The Labute approximate surface area is 176 Å². The summed E-state index contributed by atoms with van der Waals surface area (Å²) in [4.78, 5) is 24.9. The molecule has 4 aliphatic carbocycles. The van der Waals surface area contributed by atoms with Crippen LogP contribution in [0.1, 0.15) is 91.9 Å². The van der Waals surface area contributed by atoms with Crippen LogP contribution in [0.4, 0.5) is 0 Å². The van der Waals surface area contributed by atoms with Gasteiger partial charge in [-0.2, -0.15) is 0 Å². The highest BCUT2D eigenvalue weighted by molar-refractivity contribution is 5.86. The molecule has 3 heteroatoms. The summed E-state index contributed by atoms with van der Waals surface area (Å²) in [6.07, 6.45) is 13.2. The second-order valence-corrected chi connectivity index (χ2v) is 11.4. The minimum atomic E-state index is -0.776. The zero-order valence-corrected chi connectivity index (χ0v) is 18.9. The molecule has 0 aromatic carbocycles. The Balaban J connectivity index is 1.58. The van der Waals surface area contributed by atoms with Gasteiger partial charge in [-0.3, -0.25) is 4.79 Å². The van der Waals surface area contributed by atoms with Gasteiger partial charge in [0.25, 0.3) is 0 Å². The highest BCUT2D eigenvalue weighted by Gasteiger charge is 2.62. The molecule has 0 radical (unpaired) electrons. The number of fused-ring (bicyclic) bond motifs is 5. The molecule has 3 nitrogen and oxygen atoms in total. The van der Waals surface area contributed by atoms with Gasteiger partial charge in [-0.1, -0.05) is 39.7 Å². The van der Waals surface area contributed by atoms with Crippen LogP contribution in [0.15, 0.2) is 11.6 Å². The zero-order valence-electron chi connectivity index (χ0n) is 18.9. The van der Waals surface area contributed by atoms with E-state index in [-0.39, 0.29) is 11.3 Å². The van der Waals surface area contributed by atoms with Crippen LogP contribution in [0.5, 0.6) is 0 Å². The number of carbonyl (C=O) groups is 2. The van der Waals surface area contributed by atoms with E-state index in [0.29, 0.717) is 52.8 Å². The van der Waals surface area contributed by atoms with Gasteiger partial charge in [-0.05, 0) is 92.3 Å². The SMILES string of the molecule is CC=C(CC(C)[C@H]1CC[C@H]2[C@@H]3C(=O)CC4CCCC[C@]4(C)[C@H]3CC[C@]12C)C(=O)O. The van der Waals surface area contributed by atoms with Gasteiger partial charge >= 0.3 is 5.97 Å². The van der Waals surface area contributed by atoms with E-state index in [1.54, 1.807) is 6.08 Å². The molecule has 0 saturated heterocycles. The highest BCUT2D eigenvalue weighted by Crippen LogP contribution is 2.67. The van der Waals surface area contributed by atoms with Crippen molar-refractivity contribution in [2.75, 3.05) is 0 Å². The lowest BCUT2D eigenvalue weighted by atomic mass is 9.44. The van der Waals surface area contributed by atoms with Crippen molar-refractivity contribution in [1.82, 2.24) is 0 Å². The Morgan fingerprint density at radius 3 is 2.52 bits per heavy atom. The van der Waals surface area contributed by atoms with E-state index < -0.39 is 5.97 Å². The Bertz CT molecular complexity index is 709. The summed E-state index contributed by atoms with van der Waals surface area (Å²) in [7, 11) is 0. The van der Waals surface area contributed by atoms with Gasteiger partial charge in [0, 0.05) is 17.9 Å². The van der Waals surface area contributed by atoms with Crippen molar-refractivity contribution in [3.63, 3.8) is 0 Å². The summed E-state index contributed by atoms with van der Waals surface area (Å²) in [5.74, 6) is 2.69. The van der Waals surface area contributed by atoms with Gasteiger partial charge in [0.2, 0.25) is 0 Å². The summed E-state index contributed by atoms with van der Waals surface area (Å²) in [5.41, 5.74) is 1.12. The van der Waals surface area contributed by atoms with E-state index >= 15 is 0 Å². The number of carboxylic acids is 1. The molecule has 2 unspecified atom stereocenters. The van der Waals surface area contributed by atoms with Gasteiger partial charge in [-0.15, -0.1) is 0 Å². The summed E-state index contributed by atoms with van der Waals surface area (Å²) in [6.45, 7) is 9.05. The Morgan fingerprint density at radius 1 is 1.10 bits per heavy atom. The molecule has 29 heavy (non-hydrogen) atoms. The minimum absolute atomic E-state index is 0.200. The smallest absolute Gasteiger partial charge is 0.331 e. The topological polar surface area (TPSA) is 54.4 Å². The number of hydrogen-bond acceptors (Lipinski definition) is 2. The molecule has 0 spiro atoms. The van der Waals surface area contributed by atoms with Crippen molar-refractivity contribution in [3.8, 4) is 0 Å². The first-order valence-corrected chi connectivity index (χ1v) is 12.1. The molecule has 0 aliphatic heterocycles. The number of carboxylic acid groups (broad SMARTS) is 1. The number of rotatable bonds is 4. The molecule has 0 amide bonds. The lowest BCUT2D eigenvalue weighted by molar-refractivity contribution is -0.156. The molecular formula is C26H40O3. The maximum absolute atomic E-state index is 13.4. The maximum Gasteiger partial charge on any atom is 0.331 e. The van der Waals surface area contributed by atoms with Gasteiger partial charge in [0.15, 0.2) is 0 Å². The molecule has 0 heterocycles. The second-order valence-electron chi connectivity index (χ2n) is 11.4. The van der Waals surface area contributed by atoms with Crippen LogP contribution >= 0.6 is 0 Å². The van der Waals surface area contributed by atoms with Crippen LogP contribution in [0.3, 0.4) is 0 Å². The van der Waals surface area contributed by atoms with Crippen LogP contribution in [0.2, 0.25) is 0 Å². The molecule has 4 fully saturated rings. The number of aliphatic carboxylic acids is 1. The van der Waals surface area contributed by atoms with Crippen molar-refractivity contribution in [2.24, 2.45) is 46.3 Å². The number of Topliss-reactive ketones (excluding diaryl/α,β-unsaturated/α-hetero) is 1. The molecular weight excluding hydrogens is 360 g/mol. The largest absolute Gasteiger partial charge is 0.478 e. The minimum Gasteiger partial charge on any atom is -0.478 e. The fraction of sp³-hybridized carbons (Fsp3) is 0.846. The van der Waals surface area contributed by atoms with Gasteiger partial charge in [0.1, 0.15) is 5.78 Å². The third-order valence-electron chi connectivity index (χ3n) is 10.3. The van der Waals surface area contributed by atoms with Gasteiger partial charge < -0.3 is 5.11 Å². The van der Waals surface area contributed by atoms with Gasteiger partial charge in [0.05, 0.1) is 0 Å². The van der Waals surface area contributed by atoms with Crippen LogP contribution in [0.25, 0.3) is 0 Å². The molecule has 1 N–H and O–H groups in total. The Kier molecular flexibility index (Phi) is 5.49. The number of ketones is 1. The summed E-state index contributed by atoms with van der Waals surface area (Å²) >= 11 is 0. The first-order chi connectivity index (χ1) is 13.7. The van der Waals surface area contributed by atoms with E-state index in [9.17, 15) is 14.7 Å². The van der Waals surface area contributed by atoms with Crippen LogP contribution in [-0.4, -0.2) is 16.9 Å². The number of allylic oxidation sites excluding steroid dienone is 1. The van der Waals surface area contributed by atoms with Gasteiger partial charge in [-0.25, -0.2) is 4.79 Å². The summed E-state index contributed by atoms with van der Waals surface area (Å²) in [5, 5.41) is 9.48. The zero-order chi connectivity index (χ0) is 21.0. The lowest BCUT2D eigenvalue weighted by Crippen LogP contribution is -2.56. The fourth-order valence-electron chi connectivity index (χ4n) is 8.75. The number of carbonyl (C=O) groups excluding carboxylic acids is 1. The molecule has 8 atom stereocenters. The van der Waals surface area contributed by atoms with E-state index in [2.05, 4.69) is 20.8 Å². The Morgan fingerprint density at radius 2 is 1.83 bits per heavy atom. The first kappa shape index (κ1) is 21.1. The Hall–Kier alpha value is -1.12. The average Bonchev–Trinajstić information content (AvgIpc) is 3.03. The molecule has 162 valence electrons. The predicted octanol–water partition coefficient (Wildman–Crippen LogP) is 6.27. The first-order valence-electron chi connectivity index (χ1n) is 12.1. The average molecular weight is 401 g/mol. The standard InChI is InChI=1S/C26H40O3/c1-5-17(24(28)29)14-16(2)19-9-10-20-23-21(11-13-26(19,20)4)25(3)12-7-6-8-18(25)15-22(23)27/h5,16,18-21,23H,6-15H2,1-4H3,(H,28,29)/t16?,18?,19-,20+,21+,23+,25+,26-/m1/s1. The molecule has 0 aromatic heterocycles. The predicted molar refractivity (Wildman–Crippen MR) is 115 cm³/mol. The molecule has 4 aliphatic rings. The van der Waals surface area contributed by atoms with E-state index in [1.807, 2.05) is 6.92 Å². The summed E-state index contributed by atoms with van der Waals surface area (Å²) in [6, 6.07) is 0. The third kappa shape index (κ3) is 3.22. The van der Waals surface area contributed by atoms with Crippen molar-refractivity contribution < 1.29 is 14.7 Å². The quantitative estimate of drug-likeness (QED) is 0.566. The molecule has 0 bridgehead atoms. The molecule has 0 aromatic rings. The van der Waals surface area contributed by atoms with Crippen molar-refractivity contribution in [1.29, 1.82) is 0 Å². The van der Waals surface area contributed by atoms with Crippen molar-refractivity contribution in [3.05, 3.63) is 11.6 Å². The highest BCUT2D eigenvalue weighted by atomic mass is 16.4.